The van der Waals surface area contributed by atoms with Crippen molar-refractivity contribution in [2.75, 3.05) is 0 Å². The van der Waals surface area contributed by atoms with Crippen LogP contribution in [-0.2, 0) is 6.54 Å². The summed E-state index contributed by atoms with van der Waals surface area (Å²) in [5.74, 6) is 0.141. The van der Waals surface area contributed by atoms with Crippen LogP contribution in [0.2, 0.25) is 0 Å². The zero-order chi connectivity index (χ0) is 20.0. The number of aromatic nitrogens is 4. The van der Waals surface area contributed by atoms with Crippen molar-refractivity contribution in [2.24, 2.45) is 0 Å². The van der Waals surface area contributed by atoms with Crippen molar-refractivity contribution >= 4 is 16.6 Å². The number of halogens is 1. The Kier molecular flexibility index (Phi) is 3.98. The van der Waals surface area contributed by atoms with E-state index in [0.29, 0.717) is 22.6 Å². The van der Waals surface area contributed by atoms with Gasteiger partial charge in [0.1, 0.15) is 5.82 Å². The Balaban J connectivity index is 1.78. The molecule has 0 aliphatic rings. The molecular weight excluding hydrogens is 367 g/mol. The van der Waals surface area contributed by atoms with Crippen molar-refractivity contribution in [1.82, 2.24) is 19.2 Å². The molecular formula is C23H17FN4O. The number of hydrogen-bond donors (Lipinski definition) is 0. The predicted molar refractivity (Wildman–Crippen MR) is 110 cm³/mol. The monoisotopic (exact) mass is 384 g/mol. The molecule has 0 saturated heterocycles. The molecule has 0 aliphatic heterocycles. The first-order valence-corrected chi connectivity index (χ1v) is 9.30. The van der Waals surface area contributed by atoms with Gasteiger partial charge in [0.05, 0.1) is 12.1 Å². The molecule has 0 aliphatic carbocycles. The average Bonchev–Trinajstić information content (AvgIpc) is 3.18. The fourth-order valence-corrected chi connectivity index (χ4v) is 3.59. The van der Waals surface area contributed by atoms with E-state index < -0.39 is 0 Å². The highest BCUT2D eigenvalue weighted by Crippen LogP contribution is 2.22. The number of nitrogens with zero attached hydrogens (tertiary/aromatic N) is 4. The van der Waals surface area contributed by atoms with Gasteiger partial charge in [-0.25, -0.2) is 14.2 Å². The molecule has 5 aromatic rings. The molecule has 2 heterocycles. The second-order valence-electron chi connectivity index (χ2n) is 7.02. The van der Waals surface area contributed by atoms with Crippen LogP contribution in [0.1, 0.15) is 11.1 Å². The highest BCUT2D eigenvalue weighted by atomic mass is 19.1. The molecule has 0 N–H and O–H groups in total. The topological polar surface area (TPSA) is 52.2 Å². The van der Waals surface area contributed by atoms with Crippen LogP contribution < -0.4 is 5.69 Å². The maximum atomic E-state index is 14.2. The smallest absolute Gasteiger partial charge is 0.287 e. The highest BCUT2D eigenvalue weighted by Gasteiger charge is 2.16. The molecule has 0 radical (unpaired) electrons. The molecule has 0 unspecified atom stereocenters. The Bertz CT molecular complexity index is 1430. The predicted octanol–water partition coefficient (Wildman–Crippen LogP) is 4.21. The van der Waals surface area contributed by atoms with Crippen LogP contribution in [0.25, 0.3) is 27.9 Å². The third-order valence-electron chi connectivity index (χ3n) is 5.02. The summed E-state index contributed by atoms with van der Waals surface area (Å²) in [6.45, 7) is 2.11. The molecule has 2 aromatic heterocycles. The summed E-state index contributed by atoms with van der Waals surface area (Å²) >= 11 is 0. The Morgan fingerprint density at radius 2 is 1.76 bits per heavy atom. The molecule has 0 atom stereocenters. The van der Waals surface area contributed by atoms with Gasteiger partial charge in [-0.15, -0.1) is 5.10 Å². The Labute approximate surface area is 165 Å². The lowest BCUT2D eigenvalue weighted by Gasteiger charge is -2.11. The maximum absolute atomic E-state index is 14.2. The van der Waals surface area contributed by atoms with E-state index in [9.17, 15) is 9.18 Å². The van der Waals surface area contributed by atoms with Crippen molar-refractivity contribution in [3.8, 4) is 11.4 Å². The van der Waals surface area contributed by atoms with Gasteiger partial charge in [-0.2, -0.15) is 4.52 Å². The standard InChI is InChI=1S/C23H17FN4O/c1-15-7-6-9-16(13-15)21-25-22-18-10-3-5-12-20(18)27(23(29)28(22)26-21)14-17-8-2-4-11-19(17)24/h2-13H,14H2,1H3. The minimum Gasteiger partial charge on any atom is -0.287 e. The van der Waals surface area contributed by atoms with Crippen LogP contribution in [-0.4, -0.2) is 19.2 Å². The Morgan fingerprint density at radius 3 is 2.59 bits per heavy atom. The van der Waals surface area contributed by atoms with Crippen LogP contribution in [0.4, 0.5) is 4.39 Å². The summed E-state index contributed by atoms with van der Waals surface area (Å²) in [5.41, 5.74) is 3.20. The maximum Gasteiger partial charge on any atom is 0.351 e. The minimum absolute atomic E-state index is 0.113. The van der Waals surface area contributed by atoms with E-state index >= 15 is 0 Å². The fourth-order valence-electron chi connectivity index (χ4n) is 3.59. The summed E-state index contributed by atoms with van der Waals surface area (Å²) in [6.07, 6.45) is 0. The highest BCUT2D eigenvalue weighted by molar-refractivity contribution is 5.92. The number of fused-ring (bicyclic) bond motifs is 3. The van der Waals surface area contributed by atoms with E-state index in [4.69, 9.17) is 0 Å². The largest absolute Gasteiger partial charge is 0.351 e. The van der Waals surface area contributed by atoms with E-state index in [0.717, 1.165) is 16.5 Å². The molecule has 0 fully saturated rings. The van der Waals surface area contributed by atoms with E-state index in [1.807, 2.05) is 55.5 Å². The summed E-state index contributed by atoms with van der Waals surface area (Å²) in [4.78, 5) is 17.9. The van der Waals surface area contributed by atoms with E-state index in [-0.39, 0.29) is 18.1 Å². The lowest BCUT2D eigenvalue weighted by atomic mass is 10.1. The summed E-state index contributed by atoms with van der Waals surface area (Å²) in [6, 6.07) is 21.8. The molecule has 0 saturated carbocycles. The molecule has 6 heteroatoms. The van der Waals surface area contributed by atoms with Crippen LogP contribution in [0.3, 0.4) is 0 Å². The number of hydrogen-bond acceptors (Lipinski definition) is 3. The second-order valence-corrected chi connectivity index (χ2v) is 7.02. The van der Waals surface area contributed by atoms with Gasteiger partial charge in [0.25, 0.3) is 0 Å². The van der Waals surface area contributed by atoms with E-state index in [2.05, 4.69) is 10.1 Å². The van der Waals surface area contributed by atoms with Gasteiger partial charge in [-0.1, -0.05) is 54.1 Å². The molecule has 0 spiro atoms. The van der Waals surface area contributed by atoms with Crippen LogP contribution >= 0.6 is 0 Å². The number of benzene rings is 3. The van der Waals surface area contributed by atoms with Crippen molar-refractivity contribution in [3.63, 3.8) is 0 Å². The molecule has 3 aromatic carbocycles. The lowest BCUT2D eigenvalue weighted by Crippen LogP contribution is -2.28. The van der Waals surface area contributed by atoms with Crippen LogP contribution in [0, 0.1) is 12.7 Å². The van der Waals surface area contributed by atoms with Gasteiger partial charge in [-0.3, -0.25) is 4.57 Å². The average molecular weight is 384 g/mol. The Hall–Kier alpha value is -3.80. The number of para-hydroxylation sites is 1. The Morgan fingerprint density at radius 1 is 0.966 bits per heavy atom. The van der Waals surface area contributed by atoms with Gasteiger partial charge < -0.3 is 0 Å². The third kappa shape index (κ3) is 2.89. The van der Waals surface area contributed by atoms with Gasteiger partial charge in [0.15, 0.2) is 11.5 Å². The molecule has 142 valence electrons. The molecule has 0 bridgehead atoms. The molecule has 0 amide bonds. The van der Waals surface area contributed by atoms with Crippen molar-refractivity contribution < 1.29 is 4.39 Å². The SMILES string of the molecule is Cc1cccc(-c2nc3c4ccccc4n(Cc4ccccc4F)c(=O)n3n2)c1. The normalized spacial score (nSPS) is 11.4. The molecule has 5 rings (SSSR count). The minimum atomic E-state index is -0.353. The third-order valence-corrected chi connectivity index (χ3v) is 5.02. The number of rotatable bonds is 3. The van der Waals surface area contributed by atoms with Gasteiger partial charge >= 0.3 is 5.69 Å². The van der Waals surface area contributed by atoms with Gasteiger partial charge in [0, 0.05) is 16.5 Å². The quantitative estimate of drug-likeness (QED) is 0.468. The first-order chi connectivity index (χ1) is 14.1. The summed E-state index contributed by atoms with van der Waals surface area (Å²) < 4.78 is 17.1. The zero-order valence-electron chi connectivity index (χ0n) is 15.7. The van der Waals surface area contributed by atoms with Crippen LogP contribution in [0.15, 0.2) is 77.6 Å². The summed E-state index contributed by atoms with van der Waals surface area (Å²) in [7, 11) is 0. The molecule has 5 nitrogen and oxygen atoms in total. The van der Waals surface area contributed by atoms with Crippen molar-refractivity contribution in [3.05, 3.63) is 100 Å². The fraction of sp³-hybridized carbons (Fsp3) is 0.0870. The van der Waals surface area contributed by atoms with Gasteiger partial charge in [0.2, 0.25) is 0 Å². The van der Waals surface area contributed by atoms with E-state index in [1.165, 1.54) is 15.1 Å². The van der Waals surface area contributed by atoms with Crippen molar-refractivity contribution in [1.29, 1.82) is 0 Å². The lowest BCUT2D eigenvalue weighted by molar-refractivity contribution is 0.594. The van der Waals surface area contributed by atoms with Crippen LogP contribution in [0.5, 0.6) is 0 Å². The first kappa shape index (κ1) is 17.3. The zero-order valence-corrected chi connectivity index (χ0v) is 15.7. The summed E-state index contributed by atoms with van der Waals surface area (Å²) in [5, 5.41) is 5.26. The van der Waals surface area contributed by atoms with E-state index in [1.54, 1.807) is 18.2 Å². The van der Waals surface area contributed by atoms with Crippen molar-refractivity contribution in [2.45, 2.75) is 13.5 Å². The second kappa shape index (κ2) is 6.67. The van der Waals surface area contributed by atoms with Gasteiger partial charge in [-0.05, 0) is 31.2 Å². The molecule has 29 heavy (non-hydrogen) atoms. The number of aryl methyl sites for hydroxylation is 1. The first-order valence-electron chi connectivity index (χ1n) is 9.30.